The molecule has 1 fully saturated rings. The number of imidazole rings is 1. The average Bonchev–Trinajstić information content (AvgIpc) is 3.40. The Bertz CT molecular complexity index is 956. The first-order chi connectivity index (χ1) is 14.5. The monoisotopic (exact) mass is 408 g/mol. The number of furan rings is 1. The maximum atomic E-state index is 11.0. The molecule has 0 amide bonds. The van der Waals surface area contributed by atoms with Crippen molar-refractivity contribution >= 4 is 5.69 Å². The number of aryl methyl sites for hydroxylation is 2. The Kier molecular flexibility index (Phi) is 6.25. The van der Waals surface area contributed by atoms with Crippen molar-refractivity contribution in [3.05, 3.63) is 71.7 Å². The fourth-order valence-electron chi connectivity index (χ4n) is 4.24. The van der Waals surface area contributed by atoms with E-state index in [0.29, 0.717) is 11.7 Å². The van der Waals surface area contributed by atoms with Gasteiger partial charge in [0.25, 0.3) is 0 Å². The second kappa shape index (κ2) is 9.06. The van der Waals surface area contributed by atoms with Crippen molar-refractivity contribution < 1.29 is 9.52 Å². The molecule has 2 atom stereocenters. The summed E-state index contributed by atoms with van der Waals surface area (Å²) < 4.78 is 7.65. The van der Waals surface area contributed by atoms with Crippen LogP contribution in [0.25, 0.3) is 0 Å². The van der Waals surface area contributed by atoms with Crippen molar-refractivity contribution in [1.29, 1.82) is 0 Å². The number of aliphatic hydroxyl groups excluding tert-OH is 1. The molecule has 30 heavy (non-hydrogen) atoms. The van der Waals surface area contributed by atoms with Gasteiger partial charge >= 0.3 is 0 Å². The average molecular weight is 409 g/mol. The van der Waals surface area contributed by atoms with Crippen molar-refractivity contribution in [2.45, 2.75) is 32.3 Å². The molecule has 0 saturated carbocycles. The first-order valence-electron chi connectivity index (χ1n) is 10.8. The second-order valence-corrected chi connectivity index (χ2v) is 8.32. The first-order valence-corrected chi connectivity index (χ1v) is 10.8. The molecule has 6 nitrogen and oxygen atoms in total. The van der Waals surface area contributed by atoms with E-state index in [0.717, 1.165) is 61.9 Å². The molecule has 3 heterocycles. The molecule has 3 aromatic rings. The van der Waals surface area contributed by atoms with Gasteiger partial charge < -0.3 is 19.0 Å². The van der Waals surface area contributed by atoms with Crippen LogP contribution >= 0.6 is 0 Å². The summed E-state index contributed by atoms with van der Waals surface area (Å²) in [6.45, 7) is 9.28. The van der Waals surface area contributed by atoms with Crippen LogP contribution in [0.1, 0.15) is 48.3 Å². The zero-order valence-electron chi connectivity index (χ0n) is 18.2. The number of anilines is 1. The quantitative estimate of drug-likeness (QED) is 0.646. The van der Waals surface area contributed by atoms with Crippen molar-refractivity contribution in [1.82, 2.24) is 14.5 Å². The van der Waals surface area contributed by atoms with Crippen LogP contribution in [-0.2, 0) is 7.05 Å². The molecule has 2 aromatic heterocycles. The van der Waals surface area contributed by atoms with Crippen molar-refractivity contribution in [2.75, 3.05) is 37.6 Å². The highest BCUT2D eigenvalue weighted by Crippen LogP contribution is 2.31. The topological polar surface area (TPSA) is 57.7 Å². The van der Waals surface area contributed by atoms with Crippen molar-refractivity contribution in [3.63, 3.8) is 0 Å². The number of aromatic nitrogens is 2. The molecule has 6 heteroatoms. The highest BCUT2D eigenvalue weighted by atomic mass is 16.3. The zero-order chi connectivity index (χ0) is 21.1. The van der Waals surface area contributed by atoms with Crippen LogP contribution < -0.4 is 4.90 Å². The van der Waals surface area contributed by atoms with E-state index in [1.54, 1.807) is 6.20 Å². The van der Waals surface area contributed by atoms with Crippen molar-refractivity contribution in [3.8, 4) is 0 Å². The summed E-state index contributed by atoms with van der Waals surface area (Å²) in [5.41, 5.74) is 2.02. The van der Waals surface area contributed by atoms with E-state index in [1.807, 2.05) is 49.0 Å². The summed E-state index contributed by atoms with van der Waals surface area (Å²) in [7, 11) is 1.91. The zero-order valence-corrected chi connectivity index (χ0v) is 18.2. The standard InChI is InChI=1S/C24H32N4O2/c1-18(22-9-8-19(2)30-22)10-12-27-14-16-28(17-15-27)21-7-5-4-6-20(21)23(29)24-25-11-13-26(24)3/h4-9,11,13,18,23,29H,10,12,14-17H2,1-3H3/t18-,23+/m0/s1. The summed E-state index contributed by atoms with van der Waals surface area (Å²) >= 11 is 0. The summed E-state index contributed by atoms with van der Waals surface area (Å²) in [6, 6.07) is 12.3. The predicted octanol–water partition coefficient (Wildman–Crippen LogP) is 3.72. The minimum Gasteiger partial charge on any atom is -0.466 e. The van der Waals surface area contributed by atoms with Gasteiger partial charge in [0.2, 0.25) is 0 Å². The number of rotatable bonds is 7. The van der Waals surface area contributed by atoms with Gasteiger partial charge in [0.05, 0.1) is 0 Å². The third-order valence-electron chi connectivity index (χ3n) is 6.17. The number of benzene rings is 1. The number of nitrogens with zero attached hydrogens (tertiary/aromatic N) is 4. The van der Waals surface area contributed by atoms with E-state index in [4.69, 9.17) is 4.42 Å². The van der Waals surface area contributed by atoms with Gasteiger partial charge in [0, 0.05) is 62.8 Å². The van der Waals surface area contributed by atoms with Gasteiger partial charge in [-0.05, 0) is 38.1 Å². The molecule has 0 bridgehead atoms. The fraction of sp³-hybridized carbons (Fsp3) is 0.458. The number of hydrogen-bond acceptors (Lipinski definition) is 5. The number of piperazine rings is 1. The van der Waals surface area contributed by atoms with E-state index in [9.17, 15) is 5.11 Å². The Balaban J connectivity index is 1.36. The molecule has 0 aliphatic carbocycles. The summed E-state index contributed by atoms with van der Waals surface area (Å²) in [5.74, 6) is 3.17. The molecule has 0 spiro atoms. The van der Waals surface area contributed by atoms with E-state index in [1.165, 1.54) is 0 Å². The van der Waals surface area contributed by atoms with Crippen LogP contribution in [0.2, 0.25) is 0 Å². The minimum atomic E-state index is -0.725. The fourth-order valence-corrected chi connectivity index (χ4v) is 4.24. The molecule has 1 N–H and O–H groups in total. The third-order valence-corrected chi connectivity index (χ3v) is 6.17. The molecular weight excluding hydrogens is 376 g/mol. The van der Waals surface area contributed by atoms with Gasteiger partial charge in [-0.2, -0.15) is 0 Å². The smallest absolute Gasteiger partial charge is 0.142 e. The molecular formula is C24H32N4O2. The summed E-state index contributed by atoms with van der Waals surface area (Å²) in [6.07, 6.45) is 3.97. The van der Waals surface area contributed by atoms with Gasteiger partial charge in [-0.3, -0.25) is 4.90 Å². The lowest BCUT2D eigenvalue weighted by molar-refractivity contribution is 0.205. The first kappa shape index (κ1) is 20.7. The van der Waals surface area contributed by atoms with Crippen LogP contribution in [0.3, 0.4) is 0 Å². The number of aliphatic hydroxyl groups is 1. The molecule has 1 aliphatic heterocycles. The molecule has 1 saturated heterocycles. The van der Waals surface area contributed by atoms with E-state index < -0.39 is 6.10 Å². The maximum Gasteiger partial charge on any atom is 0.142 e. The number of para-hydroxylation sites is 1. The Morgan fingerprint density at radius 1 is 1.10 bits per heavy atom. The lowest BCUT2D eigenvalue weighted by Crippen LogP contribution is -2.47. The molecule has 0 radical (unpaired) electrons. The summed E-state index contributed by atoms with van der Waals surface area (Å²) in [5, 5.41) is 11.0. The highest BCUT2D eigenvalue weighted by Gasteiger charge is 2.24. The Labute approximate surface area is 178 Å². The lowest BCUT2D eigenvalue weighted by atomic mass is 10.0. The summed E-state index contributed by atoms with van der Waals surface area (Å²) in [4.78, 5) is 9.25. The normalized spacial score (nSPS) is 17.3. The SMILES string of the molecule is Cc1ccc([C@@H](C)CCN2CCN(c3ccccc3[C@@H](O)c3nccn3C)CC2)o1. The molecule has 1 aliphatic rings. The molecule has 1 aromatic carbocycles. The maximum absolute atomic E-state index is 11.0. The van der Waals surface area contributed by atoms with Gasteiger partial charge in [0.1, 0.15) is 23.4 Å². The molecule has 0 unspecified atom stereocenters. The van der Waals surface area contributed by atoms with Gasteiger partial charge in [0.15, 0.2) is 0 Å². The van der Waals surface area contributed by atoms with Crippen LogP contribution in [0, 0.1) is 6.92 Å². The van der Waals surface area contributed by atoms with Gasteiger partial charge in [-0.15, -0.1) is 0 Å². The Hall–Kier alpha value is -2.57. The Morgan fingerprint density at radius 3 is 2.53 bits per heavy atom. The second-order valence-electron chi connectivity index (χ2n) is 8.32. The minimum absolute atomic E-state index is 0.436. The van der Waals surface area contributed by atoms with E-state index >= 15 is 0 Å². The number of hydrogen-bond donors (Lipinski definition) is 1. The van der Waals surface area contributed by atoms with E-state index in [-0.39, 0.29) is 0 Å². The van der Waals surface area contributed by atoms with Gasteiger partial charge in [-0.1, -0.05) is 25.1 Å². The van der Waals surface area contributed by atoms with Crippen LogP contribution in [0.5, 0.6) is 0 Å². The third kappa shape index (κ3) is 4.45. The molecule has 4 rings (SSSR count). The van der Waals surface area contributed by atoms with Crippen LogP contribution in [-0.4, -0.2) is 52.3 Å². The predicted molar refractivity (Wildman–Crippen MR) is 119 cm³/mol. The Morgan fingerprint density at radius 2 is 1.87 bits per heavy atom. The highest BCUT2D eigenvalue weighted by molar-refractivity contribution is 5.56. The van der Waals surface area contributed by atoms with Crippen molar-refractivity contribution in [2.24, 2.45) is 7.05 Å². The van der Waals surface area contributed by atoms with Crippen LogP contribution in [0.4, 0.5) is 5.69 Å². The van der Waals surface area contributed by atoms with E-state index in [2.05, 4.69) is 33.8 Å². The lowest BCUT2D eigenvalue weighted by Gasteiger charge is -2.37. The van der Waals surface area contributed by atoms with Crippen LogP contribution in [0.15, 0.2) is 53.2 Å². The molecule has 160 valence electrons. The van der Waals surface area contributed by atoms with Gasteiger partial charge in [-0.25, -0.2) is 4.98 Å². The largest absolute Gasteiger partial charge is 0.466 e.